The number of amides is 1. The highest BCUT2D eigenvalue weighted by molar-refractivity contribution is 5.98. The molecule has 2 aliphatic rings. The van der Waals surface area contributed by atoms with E-state index in [1.165, 1.54) is 7.11 Å². The summed E-state index contributed by atoms with van der Waals surface area (Å²) in [4.78, 5) is 30.4. The van der Waals surface area contributed by atoms with Crippen LogP contribution in [0.15, 0.2) is 72.8 Å². The van der Waals surface area contributed by atoms with Gasteiger partial charge in [-0.15, -0.1) is 0 Å². The van der Waals surface area contributed by atoms with E-state index < -0.39 is 5.97 Å². The third kappa shape index (κ3) is 7.14. The lowest BCUT2D eigenvalue weighted by Crippen LogP contribution is -2.33. The van der Waals surface area contributed by atoms with Crippen LogP contribution in [0.4, 0.5) is 11.4 Å². The molecule has 1 atom stereocenters. The maximum atomic E-state index is 13.5. The lowest BCUT2D eigenvalue weighted by Gasteiger charge is -2.27. The van der Waals surface area contributed by atoms with Gasteiger partial charge in [-0.2, -0.15) is 5.26 Å². The summed E-state index contributed by atoms with van der Waals surface area (Å²) in [6, 6.07) is 24.8. The zero-order valence-corrected chi connectivity index (χ0v) is 25.1. The third-order valence-electron chi connectivity index (χ3n) is 8.21. The number of carbonyl (C=O) groups excluding carboxylic acids is 2. The van der Waals surface area contributed by atoms with Gasteiger partial charge in [0.05, 0.1) is 53.9 Å². The lowest BCUT2D eigenvalue weighted by molar-refractivity contribution is -0.115. The maximum Gasteiger partial charge on any atom is 0.337 e. The fraction of sp³-hybridized carbons (Fsp3) is 0.278. The van der Waals surface area contributed by atoms with Crippen molar-refractivity contribution in [1.29, 1.82) is 5.26 Å². The SMILES string of the molecule is COC(=O)c1ccc(NC(=O)Cc2ccc3cc2CCCc2cc(C#N)ccc2COc2cccc-3n2)c(NC[C@@H]2CCO2)c1. The van der Waals surface area contributed by atoms with Crippen molar-refractivity contribution < 1.29 is 23.8 Å². The Hall–Kier alpha value is -5.20. The van der Waals surface area contributed by atoms with Gasteiger partial charge in [0.25, 0.3) is 0 Å². The third-order valence-corrected chi connectivity index (χ3v) is 8.21. The van der Waals surface area contributed by atoms with E-state index in [-0.39, 0.29) is 18.4 Å². The average molecular weight is 603 g/mol. The molecule has 0 saturated carbocycles. The van der Waals surface area contributed by atoms with Crippen LogP contribution in [0.2, 0.25) is 0 Å². The van der Waals surface area contributed by atoms with Crippen LogP contribution in [0, 0.1) is 11.3 Å². The van der Waals surface area contributed by atoms with Gasteiger partial charge in [-0.05, 0) is 90.4 Å². The topological polar surface area (TPSA) is 123 Å². The van der Waals surface area contributed by atoms with Crippen molar-refractivity contribution >= 4 is 23.3 Å². The van der Waals surface area contributed by atoms with E-state index >= 15 is 0 Å². The molecule has 3 aromatic carbocycles. The molecule has 0 radical (unpaired) electrons. The smallest absolute Gasteiger partial charge is 0.337 e. The summed E-state index contributed by atoms with van der Waals surface area (Å²) in [5.74, 6) is -0.0965. The van der Waals surface area contributed by atoms with Gasteiger partial charge in [0.2, 0.25) is 11.8 Å². The number of pyridine rings is 1. The molecule has 2 N–H and O–H groups in total. The van der Waals surface area contributed by atoms with Crippen LogP contribution in [0.1, 0.15) is 51.0 Å². The zero-order valence-electron chi connectivity index (χ0n) is 25.1. The number of nitrogens with one attached hydrogen (secondary N) is 2. The van der Waals surface area contributed by atoms with Gasteiger partial charge in [-0.25, -0.2) is 9.78 Å². The molecule has 4 bridgehead atoms. The van der Waals surface area contributed by atoms with E-state index in [1.807, 2.05) is 48.5 Å². The molecule has 228 valence electrons. The molecular weight excluding hydrogens is 568 g/mol. The highest BCUT2D eigenvalue weighted by atomic mass is 16.5. The van der Waals surface area contributed by atoms with Crippen LogP contribution in [0.25, 0.3) is 11.3 Å². The number of benzene rings is 3. The number of esters is 1. The van der Waals surface area contributed by atoms with E-state index in [1.54, 1.807) is 18.2 Å². The maximum absolute atomic E-state index is 13.5. The first kappa shape index (κ1) is 29.9. The van der Waals surface area contributed by atoms with Crippen molar-refractivity contribution in [2.75, 3.05) is 30.9 Å². The van der Waals surface area contributed by atoms with Crippen molar-refractivity contribution in [2.45, 2.75) is 44.8 Å². The summed E-state index contributed by atoms with van der Waals surface area (Å²) in [5, 5.41) is 15.8. The number of ether oxygens (including phenoxy) is 3. The number of carbonyl (C=O) groups is 2. The summed E-state index contributed by atoms with van der Waals surface area (Å²) in [6.45, 7) is 1.67. The normalized spacial score (nSPS) is 15.3. The second-order valence-corrected chi connectivity index (χ2v) is 11.2. The second-order valence-electron chi connectivity index (χ2n) is 11.2. The predicted octanol–water partition coefficient (Wildman–Crippen LogP) is 5.86. The minimum Gasteiger partial charge on any atom is -0.473 e. The van der Waals surface area contributed by atoms with Gasteiger partial charge >= 0.3 is 5.97 Å². The van der Waals surface area contributed by atoms with E-state index in [0.717, 1.165) is 65.8 Å². The number of fused-ring (bicyclic) bond motifs is 6. The largest absolute Gasteiger partial charge is 0.473 e. The number of anilines is 2. The number of nitrogens with zero attached hydrogens (tertiary/aromatic N) is 2. The molecule has 0 unspecified atom stereocenters. The summed E-state index contributed by atoms with van der Waals surface area (Å²) in [6.07, 6.45) is 3.57. The van der Waals surface area contributed by atoms with Gasteiger partial charge in [0.15, 0.2) is 0 Å². The molecule has 0 aliphatic carbocycles. The number of rotatable bonds is 7. The van der Waals surface area contributed by atoms with Crippen molar-refractivity contribution in [1.82, 2.24) is 4.98 Å². The van der Waals surface area contributed by atoms with Crippen LogP contribution in [-0.2, 0) is 40.1 Å². The fourth-order valence-corrected chi connectivity index (χ4v) is 5.62. The second kappa shape index (κ2) is 13.6. The quantitative estimate of drug-likeness (QED) is 0.253. The van der Waals surface area contributed by atoms with Gasteiger partial charge in [0, 0.05) is 24.8 Å². The van der Waals surface area contributed by atoms with E-state index in [0.29, 0.717) is 41.5 Å². The molecule has 3 heterocycles. The van der Waals surface area contributed by atoms with Crippen molar-refractivity contribution in [2.24, 2.45) is 0 Å². The van der Waals surface area contributed by atoms with E-state index in [9.17, 15) is 14.9 Å². The minimum atomic E-state index is -0.450. The molecule has 6 rings (SSSR count). The predicted molar refractivity (Wildman–Crippen MR) is 170 cm³/mol. The first-order valence-corrected chi connectivity index (χ1v) is 15.1. The van der Waals surface area contributed by atoms with Crippen LogP contribution >= 0.6 is 0 Å². The number of aromatic nitrogens is 1. The Morgan fingerprint density at radius 2 is 1.87 bits per heavy atom. The molecule has 0 spiro atoms. The Morgan fingerprint density at radius 1 is 1.00 bits per heavy atom. The molecule has 9 nitrogen and oxygen atoms in total. The molecule has 1 saturated heterocycles. The monoisotopic (exact) mass is 602 g/mol. The summed E-state index contributed by atoms with van der Waals surface area (Å²) in [5.41, 5.74) is 8.05. The van der Waals surface area contributed by atoms with Gasteiger partial charge in [-0.3, -0.25) is 4.79 Å². The fourth-order valence-electron chi connectivity index (χ4n) is 5.62. The number of methoxy groups -OCH3 is 1. The van der Waals surface area contributed by atoms with Crippen LogP contribution < -0.4 is 15.4 Å². The molecular formula is C36H34N4O5. The molecule has 2 aliphatic heterocycles. The van der Waals surface area contributed by atoms with Gasteiger partial charge in [-0.1, -0.05) is 24.3 Å². The Labute approximate surface area is 262 Å². The van der Waals surface area contributed by atoms with Crippen LogP contribution in [0.3, 0.4) is 0 Å². The number of nitriles is 1. The van der Waals surface area contributed by atoms with E-state index in [2.05, 4.69) is 22.8 Å². The summed E-state index contributed by atoms with van der Waals surface area (Å²) >= 11 is 0. The van der Waals surface area contributed by atoms with Crippen molar-refractivity contribution in [3.8, 4) is 23.2 Å². The van der Waals surface area contributed by atoms with Gasteiger partial charge in [0.1, 0.15) is 6.61 Å². The highest BCUT2D eigenvalue weighted by Crippen LogP contribution is 2.28. The van der Waals surface area contributed by atoms with Crippen molar-refractivity contribution in [3.63, 3.8) is 0 Å². The molecule has 1 aromatic heterocycles. The number of aryl methyl sites for hydroxylation is 2. The Balaban J connectivity index is 1.25. The standard InChI is InChI=1S/C36H34N4O5/c1-43-36(42)28-12-13-32(33(18-28)38-21-30-14-15-44-30)39-34(41)19-26-10-11-27-17-25(26)5-2-4-24-16-23(20-37)8-9-29(24)22-45-35-7-3-6-31(27)40-35/h3,6-13,16-18,30,38H,2,4-5,14-15,19,21-22H2,1H3,(H,39,41)/t30-/m0/s1. The first-order valence-electron chi connectivity index (χ1n) is 15.1. The van der Waals surface area contributed by atoms with E-state index in [4.69, 9.17) is 19.2 Å². The summed E-state index contributed by atoms with van der Waals surface area (Å²) in [7, 11) is 1.34. The van der Waals surface area contributed by atoms with Crippen LogP contribution in [-0.4, -0.2) is 43.2 Å². The number of hydrogen-bond donors (Lipinski definition) is 2. The zero-order chi connectivity index (χ0) is 31.2. The molecule has 1 fully saturated rings. The summed E-state index contributed by atoms with van der Waals surface area (Å²) < 4.78 is 16.5. The Bertz CT molecular complexity index is 1780. The Kier molecular flexibility index (Phi) is 9.04. The first-order chi connectivity index (χ1) is 22.0. The highest BCUT2D eigenvalue weighted by Gasteiger charge is 2.20. The van der Waals surface area contributed by atoms with Crippen LogP contribution in [0.5, 0.6) is 5.88 Å². The molecule has 45 heavy (non-hydrogen) atoms. The van der Waals surface area contributed by atoms with Crippen molar-refractivity contribution in [3.05, 3.63) is 106 Å². The molecule has 1 amide bonds. The average Bonchev–Trinajstić information content (AvgIpc) is 3.04. The lowest BCUT2D eigenvalue weighted by atomic mass is 9.93. The minimum absolute atomic E-state index is 0.0984. The van der Waals surface area contributed by atoms with Gasteiger partial charge < -0.3 is 24.8 Å². The Morgan fingerprint density at radius 3 is 2.67 bits per heavy atom. The molecule has 9 heteroatoms. The molecule has 4 aromatic rings. The number of hydrogen-bond acceptors (Lipinski definition) is 8.